The van der Waals surface area contributed by atoms with Crippen molar-refractivity contribution in [2.24, 2.45) is 0 Å². The van der Waals surface area contributed by atoms with Crippen molar-refractivity contribution in [3.8, 4) is 6.07 Å². The molecule has 1 aromatic rings. The van der Waals surface area contributed by atoms with Crippen molar-refractivity contribution < 1.29 is 22.7 Å². The van der Waals surface area contributed by atoms with Gasteiger partial charge in [-0.2, -0.15) is 18.4 Å². The summed E-state index contributed by atoms with van der Waals surface area (Å²) < 4.78 is 41.9. The summed E-state index contributed by atoms with van der Waals surface area (Å²) in [5.74, 6) is -1.03. The standard InChI is InChI=1S/C12H9ClF3NO2S/c1-2-19-11(18)9-4-8(20-12(14,15)16)3-7(5-13)10(9)6-17/h3-4H,2,5H2,1H3. The Morgan fingerprint density at radius 3 is 2.60 bits per heavy atom. The third-order valence-electron chi connectivity index (χ3n) is 2.18. The van der Waals surface area contributed by atoms with E-state index in [0.29, 0.717) is 0 Å². The van der Waals surface area contributed by atoms with E-state index >= 15 is 0 Å². The van der Waals surface area contributed by atoms with Crippen LogP contribution in [-0.4, -0.2) is 18.1 Å². The van der Waals surface area contributed by atoms with Gasteiger partial charge in [0.05, 0.1) is 17.7 Å². The number of benzene rings is 1. The fraction of sp³-hybridized carbons (Fsp3) is 0.333. The quantitative estimate of drug-likeness (QED) is 0.476. The Kier molecular flexibility index (Phi) is 5.72. The minimum Gasteiger partial charge on any atom is -0.462 e. The maximum Gasteiger partial charge on any atom is 0.446 e. The van der Waals surface area contributed by atoms with E-state index in [4.69, 9.17) is 21.6 Å². The number of ether oxygens (including phenoxy) is 1. The third-order valence-corrected chi connectivity index (χ3v) is 3.17. The van der Waals surface area contributed by atoms with E-state index in [9.17, 15) is 18.0 Å². The largest absolute Gasteiger partial charge is 0.462 e. The molecular weight excluding hydrogens is 315 g/mol. The minimum atomic E-state index is -4.50. The van der Waals surface area contributed by atoms with Crippen LogP contribution in [0.25, 0.3) is 0 Å². The van der Waals surface area contributed by atoms with Gasteiger partial charge in [0.1, 0.15) is 6.07 Å². The molecule has 0 amide bonds. The van der Waals surface area contributed by atoms with Gasteiger partial charge < -0.3 is 4.74 Å². The number of carbonyl (C=O) groups is 1. The number of nitriles is 1. The second-order valence-corrected chi connectivity index (χ2v) is 4.92. The van der Waals surface area contributed by atoms with E-state index in [-0.39, 0.29) is 45.8 Å². The topological polar surface area (TPSA) is 50.1 Å². The predicted octanol–water partition coefficient (Wildman–Crippen LogP) is 4.09. The number of thioether (sulfide) groups is 1. The lowest BCUT2D eigenvalue weighted by Gasteiger charge is -2.11. The van der Waals surface area contributed by atoms with Gasteiger partial charge in [-0.3, -0.25) is 0 Å². The highest BCUT2D eigenvalue weighted by Crippen LogP contribution is 2.38. The molecule has 0 N–H and O–H groups in total. The van der Waals surface area contributed by atoms with Gasteiger partial charge >= 0.3 is 11.5 Å². The number of nitrogens with zero attached hydrogens (tertiary/aromatic N) is 1. The van der Waals surface area contributed by atoms with Crippen molar-refractivity contribution in [1.82, 2.24) is 0 Å². The van der Waals surface area contributed by atoms with Crippen molar-refractivity contribution in [2.45, 2.75) is 23.2 Å². The van der Waals surface area contributed by atoms with Crippen LogP contribution in [0.2, 0.25) is 0 Å². The first kappa shape index (κ1) is 16.7. The molecule has 0 aliphatic carbocycles. The molecule has 0 aromatic heterocycles. The average Bonchev–Trinajstić information content (AvgIpc) is 2.35. The molecule has 108 valence electrons. The van der Waals surface area contributed by atoms with Crippen LogP contribution in [0.4, 0.5) is 13.2 Å². The van der Waals surface area contributed by atoms with E-state index in [1.807, 2.05) is 0 Å². The first-order chi connectivity index (χ1) is 9.32. The zero-order chi connectivity index (χ0) is 15.3. The SMILES string of the molecule is CCOC(=O)c1cc(SC(F)(F)F)cc(CCl)c1C#N. The maximum atomic E-state index is 12.4. The molecule has 0 heterocycles. The molecule has 0 unspecified atom stereocenters. The minimum absolute atomic E-state index is 0.0521. The number of alkyl halides is 4. The first-order valence-electron chi connectivity index (χ1n) is 5.38. The Balaban J connectivity index is 3.35. The smallest absolute Gasteiger partial charge is 0.446 e. The lowest BCUT2D eigenvalue weighted by atomic mass is 10.0. The fourth-order valence-electron chi connectivity index (χ4n) is 1.47. The summed E-state index contributed by atoms with van der Waals surface area (Å²) in [7, 11) is 0. The highest BCUT2D eigenvalue weighted by molar-refractivity contribution is 8.00. The normalized spacial score (nSPS) is 11.0. The Morgan fingerprint density at radius 1 is 1.50 bits per heavy atom. The number of halogens is 4. The van der Waals surface area contributed by atoms with Crippen LogP contribution in [0.1, 0.15) is 28.4 Å². The van der Waals surface area contributed by atoms with Crippen LogP contribution in [0.5, 0.6) is 0 Å². The monoisotopic (exact) mass is 323 g/mol. The summed E-state index contributed by atoms with van der Waals surface area (Å²) in [5, 5.41) is 9.03. The molecule has 0 radical (unpaired) electrons. The van der Waals surface area contributed by atoms with Crippen LogP contribution < -0.4 is 0 Å². The molecule has 20 heavy (non-hydrogen) atoms. The Labute approximate surface area is 122 Å². The Bertz CT molecular complexity index is 555. The van der Waals surface area contributed by atoms with Gasteiger partial charge in [-0.1, -0.05) is 0 Å². The molecule has 0 aliphatic heterocycles. The molecule has 0 saturated heterocycles. The summed E-state index contributed by atoms with van der Waals surface area (Å²) in [4.78, 5) is 11.5. The molecule has 8 heteroatoms. The maximum absolute atomic E-state index is 12.4. The zero-order valence-corrected chi connectivity index (χ0v) is 11.8. The van der Waals surface area contributed by atoms with Gasteiger partial charge in [-0.15, -0.1) is 11.6 Å². The van der Waals surface area contributed by atoms with Crippen LogP contribution >= 0.6 is 23.4 Å². The molecule has 1 rings (SSSR count). The van der Waals surface area contributed by atoms with E-state index in [1.54, 1.807) is 13.0 Å². The molecule has 0 saturated carbocycles. The number of carbonyl (C=O) groups excluding carboxylic acids is 1. The molecular formula is C12H9ClF3NO2S. The van der Waals surface area contributed by atoms with Crippen molar-refractivity contribution in [3.05, 3.63) is 28.8 Å². The van der Waals surface area contributed by atoms with Gasteiger partial charge in [0.2, 0.25) is 0 Å². The van der Waals surface area contributed by atoms with Gasteiger partial charge in [-0.25, -0.2) is 4.79 Å². The second kappa shape index (κ2) is 6.86. The van der Waals surface area contributed by atoms with Crippen LogP contribution in [-0.2, 0) is 10.6 Å². The zero-order valence-electron chi connectivity index (χ0n) is 10.3. The van der Waals surface area contributed by atoms with E-state index < -0.39 is 11.5 Å². The molecule has 0 fully saturated rings. The molecule has 0 aliphatic rings. The van der Waals surface area contributed by atoms with E-state index in [0.717, 1.165) is 12.1 Å². The average molecular weight is 324 g/mol. The summed E-state index contributed by atoms with van der Waals surface area (Å²) in [6.45, 7) is 1.61. The van der Waals surface area contributed by atoms with Crippen LogP contribution in [0.15, 0.2) is 17.0 Å². The van der Waals surface area contributed by atoms with Gasteiger partial charge in [-0.05, 0) is 36.4 Å². The molecule has 0 spiro atoms. The van der Waals surface area contributed by atoms with Crippen molar-refractivity contribution in [2.75, 3.05) is 6.61 Å². The molecule has 3 nitrogen and oxygen atoms in total. The molecule has 1 aromatic carbocycles. The molecule has 0 atom stereocenters. The summed E-state index contributed by atoms with van der Waals surface area (Å²) in [5.41, 5.74) is -4.61. The predicted molar refractivity (Wildman–Crippen MR) is 68.6 cm³/mol. The summed E-state index contributed by atoms with van der Waals surface area (Å²) >= 11 is 5.24. The highest BCUT2D eigenvalue weighted by atomic mass is 35.5. The number of hydrogen-bond acceptors (Lipinski definition) is 4. The van der Waals surface area contributed by atoms with Gasteiger partial charge in [0, 0.05) is 10.8 Å². The molecule has 0 bridgehead atoms. The highest BCUT2D eigenvalue weighted by Gasteiger charge is 2.30. The van der Waals surface area contributed by atoms with Crippen LogP contribution in [0.3, 0.4) is 0 Å². The van der Waals surface area contributed by atoms with E-state index in [1.165, 1.54) is 0 Å². The van der Waals surface area contributed by atoms with Crippen molar-refractivity contribution >= 4 is 29.3 Å². The number of hydrogen-bond donors (Lipinski definition) is 0. The van der Waals surface area contributed by atoms with Gasteiger partial charge in [0.15, 0.2) is 0 Å². The summed E-state index contributed by atoms with van der Waals surface area (Å²) in [6, 6.07) is 3.90. The fourth-order valence-corrected chi connectivity index (χ4v) is 2.33. The lowest BCUT2D eigenvalue weighted by Crippen LogP contribution is -2.10. The van der Waals surface area contributed by atoms with Crippen molar-refractivity contribution in [1.29, 1.82) is 5.26 Å². The number of rotatable bonds is 4. The number of esters is 1. The summed E-state index contributed by atoms with van der Waals surface area (Å²) in [6.07, 6.45) is 0. The Morgan fingerprint density at radius 2 is 2.15 bits per heavy atom. The van der Waals surface area contributed by atoms with Crippen molar-refractivity contribution in [3.63, 3.8) is 0 Å². The third kappa shape index (κ3) is 4.32. The second-order valence-electron chi connectivity index (χ2n) is 3.52. The Hall–Kier alpha value is -1.39. The van der Waals surface area contributed by atoms with Gasteiger partial charge in [0.25, 0.3) is 0 Å². The van der Waals surface area contributed by atoms with Crippen LogP contribution in [0, 0.1) is 11.3 Å². The lowest BCUT2D eigenvalue weighted by molar-refractivity contribution is -0.0328. The van der Waals surface area contributed by atoms with E-state index in [2.05, 4.69) is 0 Å². The first-order valence-corrected chi connectivity index (χ1v) is 6.73.